The first-order valence-electron chi connectivity index (χ1n) is 8.19. The standard InChI is InChI=1S/C16H23N3O4S/c1-3-14-5-4-12(8-17-14)16(20)18-9-13-10-19(24(2,21)22)6-7-23-15(13)11-18/h4-5,8,13,15H,3,6-7,9-11H2,1-2H3/t13-,15-/m1/s1. The molecule has 3 rings (SSSR count). The van der Waals surface area contributed by atoms with Gasteiger partial charge in [0.1, 0.15) is 0 Å². The Kier molecular flexibility index (Phi) is 4.89. The van der Waals surface area contributed by atoms with Crippen LogP contribution in [0.3, 0.4) is 0 Å². The zero-order valence-corrected chi connectivity index (χ0v) is 14.8. The number of fused-ring (bicyclic) bond motifs is 1. The summed E-state index contributed by atoms with van der Waals surface area (Å²) in [7, 11) is -3.25. The van der Waals surface area contributed by atoms with Gasteiger partial charge in [-0.3, -0.25) is 9.78 Å². The summed E-state index contributed by atoms with van der Waals surface area (Å²) in [5.74, 6) is -0.0678. The van der Waals surface area contributed by atoms with Crippen LogP contribution in [0.15, 0.2) is 18.3 Å². The molecule has 24 heavy (non-hydrogen) atoms. The molecule has 2 fully saturated rings. The third-order valence-corrected chi connectivity index (χ3v) is 5.95. The molecule has 3 heterocycles. The lowest BCUT2D eigenvalue weighted by molar-refractivity contribution is 0.0491. The Hall–Kier alpha value is -1.51. The highest BCUT2D eigenvalue weighted by Crippen LogP contribution is 2.25. The lowest BCUT2D eigenvalue weighted by Crippen LogP contribution is -2.37. The van der Waals surface area contributed by atoms with Crippen molar-refractivity contribution in [2.45, 2.75) is 19.4 Å². The summed E-state index contributed by atoms with van der Waals surface area (Å²) < 4.78 is 30.9. The number of sulfonamides is 1. The fourth-order valence-electron chi connectivity index (χ4n) is 3.27. The highest BCUT2D eigenvalue weighted by atomic mass is 32.2. The van der Waals surface area contributed by atoms with Crippen LogP contribution in [0.1, 0.15) is 23.0 Å². The summed E-state index contributed by atoms with van der Waals surface area (Å²) in [6.07, 6.45) is 3.55. The van der Waals surface area contributed by atoms with Crippen LogP contribution in [0.4, 0.5) is 0 Å². The Morgan fingerprint density at radius 2 is 2.12 bits per heavy atom. The van der Waals surface area contributed by atoms with E-state index in [1.165, 1.54) is 10.6 Å². The minimum Gasteiger partial charge on any atom is -0.375 e. The van der Waals surface area contributed by atoms with Crippen LogP contribution in [0.25, 0.3) is 0 Å². The van der Waals surface area contributed by atoms with Crippen molar-refractivity contribution in [1.82, 2.24) is 14.2 Å². The third-order valence-electron chi connectivity index (χ3n) is 4.68. The van der Waals surface area contributed by atoms with Crippen molar-refractivity contribution >= 4 is 15.9 Å². The molecule has 7 nitrogen and oxygen atoms in total. The number of pyridine rings is 1. The molecule has 1 aromatic rings. The summed E-state index contributed by atoms with van der Waals surface area (Å²) in [6, 6.07) is 3.66. The number of aryl methyl sites for hydroxylation is 1. The van der Waals surface area contributed by atoms with Crippen LogP contribution in [-0.4, -0.2) is 73.7 Å². The van der Waals surface area contributed by atoms with Gasteiger partial charge < -0.3 is 9.64 Å². The van der Waals surface area contributed by atoms with E-state index in [9.17, 15) is 13.2 Å². The fourth-order valence-corrected chi connectivity index (χ4v) is 4.14. The Balaban J connectivity index is 1.70. The first-order chi connectivity index (χ1) is 11.4. The van der Waals surface area contributed by atoms with Crippen LogP contribution >= 0.6 is 0 Å². The predicted molar refractivity (Wildman–Crippen MR) is 89.2 cm³/mol. The van der Waals surface area contributed by atoms with Gasteiger partial charge in [0.25, 0.3) is 5.91 Å². The number of carbonyl (C=O) groups excluding carboxylic acids is 1. The number of nitrogens with zero attached hydrogens (tertiary/aromatic N) is 3. The molecule has 2 atom stereocenters. The fraction of sp³-hybridized carbons (Fsp3) is 0.625. The second-order valence-corrected chi connectivity index (χ2v) is 8.37. The Morgan fingerprint density at radius 1 is 1.33 bits per heavy atom. The molecule has 0 unspecified atom stereocenters. The van der Waals surface area contributed by atoms with Gasteiger partial charge in [0.2, 0.25) is 10.0 Å². The largest absolute Gasteiger partial charge is 0.375 e. The van der Waals surface area contributed by atoms with E-state index in [4.69, 9.17) is 4.74 Å². The first kappa shape index (κ1) is 17.3. The van der Waals surface area contributed by atoms with Crippen molar-refractivity contribution in [3.63, 3.8) is 0 Å². The van der Waals surface area contributed by atoms with Crippen molar-refractivity contribution in [3.05, 3.63) is 29.6 Å². The van der Waals surface area contributed by atoms with E-state index in [1.807, 2.05) is 13.0 Å². The molecular formula is C16H23N3O4S. The van der Waals surface area contributed by atoms with E-state index in [-0.39, 0.29) is 17.9 Å². The topological polar surface area (TPSA) is 79.8 Å². The summed E-state index contributed by atoms with van der Waals surface area (Å²) in [5, 5.41) is 0. The molecule has 0 spiro atoms. The van der Waals surface area contributed by atoms with Crippen LogP contribution in [0.5, 0.6) is 0 Å². The Labute approximate surface area is 142 Å². The van der Waals surface area contributed by atoms with Crippen LogP contribution < -0.4 is 0 Å². The predicted octanol–water partition coefficient (Wildman–Crippen LogP) is 0.376. The van der Waals surface area contributed by atoms with E-state index < -0.39 is 10.0 Å². The highest BCUT2D eigenvalue weighted by Gasteiger charge is 2.40. The molecule has 1 amide bonds. The second-order valence-electron chi connectivity index (χ2n) is 6.39. The van der Waals surface area contributed by atoms with Crippen LogP contribution in [0.2, 0.25) is 0 Å². The average Bonchev–Trinajstić information content (AvgIpc) is 2.84. The van der Waals surface area contributed by atoms with E-state index in [2.05, 4.69) is 4.98 Å². The molecule has 132 valence electrons. The van der Waals surface area contributed by atoms with Crippen LogP contribution in [-0.2, 0) is 21.2 Å². The number of hydrogen-bond acceptors (Lipinski definition) is 5. The number of hydrogen-bond donors (Lipinski definition) is 0. The van der Waals surface area contributed by atoms with E-state index in [0.29, 0.717) is 38.3 Å². The van der Waals surface area contributed by atoms with Crippen molar-refractivity contribution < 1.29 is 17.9 Å². The smallest absolute Gasteiger partial charge is 0.255 e. The third kappa shape index (κ3) is 3.60. The number of carbonyl (C=O) groups is 1. The molecule has 0 N–H and O–H groups in total. The molecule has 0 bridgehead atoms. The number of rotatable bonds is 3. The number of likely N-dealkylation sites (tertiary alicyclic amines) is 1. The maximum Gasteiger partial charge on any atom is 0.255 e. The van der Waals surface area contributed by atoms with Crippen molar-refractivity contribution in [1.29, 1.82) is 0 Å². The van der Waals surface area contributed by atoms with Gasteiger partial charge in [-0.1, -0.05) is 6.92 Å². The zero-order valence-electron chi connectivity index (χ0n) is 14.0. The average molecular weight is 353 g/mol. The quantitative estimate of drug-likeness (QED) is 0.785. The molecule has 1 aromatic heterocycles. The number of amides is 1. The normalized spacial score (nSPS) is 25.3. The maximum absolute atomic E-state index is 12.7. The molecule has 0 aromatic carbocycles. The minimum atomic E-state index is -3.25. The minimum absolute atomic E-state index is 0.00838. The first-order valence-corrected chi connectivity index (χ1v) is 10.0. The molecule has 0 saturated carbocycles. The van der Waals surface area contributed by atoms with Gasteiger partial charge in [-0.15, -0.1) is 0 Å². The monoisotopic (exact) mass is 353 g/mol. The summed E-state index contributed by atoms with van der Waals surface area (Å²) in [5.41, 5.74) is 1.51. The number of aromatic nitrogens is 1. The van der Waals surface area contributed by atoms with Crippen molar-refractivity contribution in [2.24, 2.45) is 5.92 Å². The molecule has 0 aliphatic carbocycles. The molecule has 2 aliphatic heterocycles. The van der Waals surface area contributed by atoms with Crippen molar-refractivity contribution in [3.8, 4) is 0 Å². The van der Waals surface area contributed by atoms with E-state index in [0.717, 1.165) is 12.1 Å². The SMILES string of the molecule is CCc1ccc(C(=O)N2C[C@@H]3CN(S(C)(=O)=O)CCO[C@@H]3C2)cn1. The summed E-state index contributed by atoms with van der Waals surface area (Å²) >= 11 is 0. The van der Waals surface area contributed by atoms with E-state index in [1.54, 1.807) is 17.2 Å². The van der Waals surface area contributed by atoms with Crippen molar-refractivity contribution in [2.75, 3.05) is 39.0 Å². The van der Waals surface area contributed by atoms with Gasteiger partial charge in [0, 0.05) is 44.0 Å². The second kappa shape index (κ2) is 6.78. The molecule has 8 heteroatoms. The highest BCUT2D eigenvalue weighted by molar-refractivity contribution is 7.88. The lowest BCUT2D eigenvalue weighted by atomic mass is 10.1. The van der Waals surface area contributed by atoms with Gasteiger partial charge in [0.15, 0.2) is 0 Å². The van der Waals surface area contributed by atoms with Gasteiger partial charge in [-0.2, -0.15) is 4.31 Å². The Bertz CT molecular complexity index is 705. The van der Waals surface area contributed by atoms with Gasteiger partial charge in [-0.05, 0) is 18.6 Å². The maximum atomic E-state index is 12.7. The Morgan fingerprint density at radius 3 is 2.75 bits per heavy atom. The van der Waals surface area contributed by atoms with Gasteiger partial charge in [-0.25, -0.2) is 8.42 Å². The summed E-state index contributed by atoms with van der Waals surface area (Å²) in [4.78, 5) is 18.7. The molecule has 2 saturated heterocycles. The molecule has 0 radical (unpaired) electrons. The van der Waals surface area contributed by atoms with Gasteiger partial charge >= 0.3 is 0 Å². The molecule has 2 aliphatic rings. The molecular weight excluding hydrogens is 330 g/mol. The zero-order chi connectivity index (χ0) is 17.3. The lowest BCUT2D eigenvalue weighted by Gasteiger charge is -2.21. The van der Waals surface area contributed by atoms with Gasteiger partial charge in [0.05, 0.1) is 24.5 Å². The van der Waals surface area contributed by atoms with E-state index >= 15 is 0 Å². The number of ether oxygens (including phenoxy) is 1. The van der Waals surface area contributed by atoms with Crippen LogP contribution in [0, 0.1) is 5.92 Å². The summed E-state index contributed by atoms with van der Waals surface area (Å²) in [6.45, 7) is 4.16.